The third kappa shape index (κ3) is 4.28. The lowest BCUT2D eigenvalue weighted by Gasteiger charge is -2.19. The molecule has 26 heavy (non-hydrogen) atoms. The molecule has 0 radical (unpaired) electrons. The first kappa shape index (κ1) is 18.1. The summed E-state index contributed by atoms with van der Waals surface area (Å²) in [5, 5.41) is 2.92. The number of nitrogens with zero attached hydrogens (tertiary/aromatic N) is 2. The molecular formula is C21H25N3O2. The predicted molar refractivity (Wildman–Crippen MR) is 102 cm³/mol. The second-order valence-electron chi connectivity index (χ2n) is 6.91. The predicted octanol–water partition coefficient (Wildman–Crippen LogP) is 3.97. The van der Waals surface area contributed by atoms with E-state index in [-0.39, 0.29) is 11.8 Å². The molecule has 2 heterocycles. The van der Waals surface area contributed by atoms with Gasteiger partial charge in [0.2, 0.25) is 0 Å². The lowest BCUT2D eigenvalue weighted by atomic mass is 10.1. The van der Waals surface area contributed by atoms with Gasteiger partial charge in [-0.1, -0.05) is 30.5 Å². The Hall–Kier alpha value is -2.69. The molecule has 3 rings (SSSR count). The van der Waals surface area contributed by atoms with Gasteiger partial charge in [-0.25, -0.2) is 0 Å². The van der Waals surface area contributed by atoms with Gasteiger partial charge in [0, 0.05) is 30.5 Å². The molecule has 0 aliphatic carbocycles. The van der Waals surface area contributed by atoms with Crippen molar-refractivity contribution in [1.82, 2.24) is 9.88 Å². The normalized spacial score (nSPS) is 14.6. The summed E-state index contributed by atoms with van der Waals surface area (Å²) in [5.41, 5.74) is 3.71. The number of aryl methyl sites for hydroxylation is 2. The first-order valence-electron chi connectivity index (χ1n) is 9.18. The van der Waals surface area contributed by atoms with Gasteiger partial charge in [0.15, 0.2) is 0 Å². The van der Waals surface area contributed by atoms with Crippen molar-refractivity contribution in [2.24, 2.45) is 0 Å². The van der Waals surface area contributed by atoms with E-state index in [9.17, 15) is 9.59 Å². The van der Waals surface area contributed by atoms with Crippen LogP contribution in [-0.4, -0.2) is 34.8 Å². The topological polar surface area (TPSA) is 62.3 Å². The smallest absolute Gasteiger partial charge is 0.272 e. The fourth-order valence-electron chi connectivity index (χ4n) is 3.27. The van der Waals surface area contributed by atoms with Gasteiger partial charge in [-0.3, -0.25) is 14.6 Å². The van der Waals surface area contributed by atoms with Crippen molar-refractivity contribution in [1.29, 1.82) is 0 Å². The van der Waals surface area contributed by atoms with Gasteiger partial charge in [-0.15, -0.1) is 0 Å². The van der Waals surface area contributed by atoms with Crippen molar-refractivity contribution < 1.29 is 9.59 Å². The standard InChI is InChI=1S/C21H25N3O2/c1-15-7-8-18(16(2)13-15)23-20(25)17-9-10-22-19(14-17)21(26)24-11-5-3-4-6-12-24/h7-10,13-14H,3-6,11-12H2,1-2H3,(H,23,25). The molecule has 2 aromatic rings. The van der Waals surface area contributed by atoms with E-state index in [2.05, 4.69) is 10.3 Å². The van der Waals surface area contributed by atoms with Crippen molar-refractivity contribution in [3.8, 4) is 0 Å². The fraction of sp³-hybridized carbons (Fsp3) is 0.381. The van der Waals surface area contributed by atoms with Crippen LogP contribution in [0.3, 0.4) is 0 Å². The maximum atomic E-state index is 12.7. The Morgan fingerprint density at radius 1 is 1.00 bits per heavy atom. The van der Waals surface area contributed by atoms with Crippen molar-refractivity contribution in [3.05, 3.63) is 58.9 Å². The lowest BCUT2D eigenvalue weighted by Crippen LogP contribution is -2.32. The number of nitrogens with one attached hydrogen (secondary N) is 1. The Bertz CT molecular complexity index is 809. The van der Waals surface area contributed by atoms with Gasteiger partial charge < -0.3 is 10.2 Å². The maximum Gasteiger partial charge on any atom is 0.272 e. The fourth-order valence-corrected chi connectivity index (χ4v) is 3.27. The van der Waals surface area contributed by atoms with Crippen LogP contribution >= 0.6 is 0 Å². The van der Waals surface area contributed by atoms with E-state index in [0.717, 1.165) is 55.6 Å². The number of hydrogen-bond acceptors (Lipinski definition) is 3. The van der Waals surface area contributed by atoms with Crippen molar-refractivity contribution in [2.45, 2.75) is 39.5 Å². The van der Waals surface area contributed by atoms with Crippen LogP contribution < -0.4 is 5.32 Å². The van der Waals surface area contributed by atoms with E-state index in [1.165, 1.54) is 6.20 Å². The summed E-state index contributed by atoms with van der Waals surface area (Å²) >= 11 is 0. The molecule has 1 aliphatic heterocycles. The molecule has 0 saturated carbocycles. The van der Waals surface area contributed by atoms with Crippen LogP contribution in [0, 0.1) is 13.8 Å². The van der Waals surface area contributed by atoms with Gasteiger partial charge in [-0.05, 0) is 50.5 Å². The Labute approximate surface area is 154 Å². The molecule has 1 aromatic heterocycles. The molecule has 1 aliphatic rings. The molecule has 1 saturated heterocycles. The highest BCUT2D eigenvalue weighted by molar-refractivity contribution is 6.06. The molecule has 5 heteroatoms. The average molecular weight is 351 g/mol. The van der Waals surface area contributed by atoms with Crippen LogP contribution in [0.5, 0.6) is 0 Å². The van der Waals surface area contributed by atoms with Crippen molar-refractivity contribution in [3.63, 3.8) is 0 Å². The molecule has 2 amide bonds. The molecule has 0 spiro atoms. The van der Waals surface area contributed by atoms with Crippen LogP contribution in [0.25, 0.3) is 0 Å². The van der Waals surface area contributed by atoms with E-state index in [4.69, 9.17) is 0 Å². The zero-order chi connectivity index (χ0) is 18.5. The number of carbonyl (C=O) groups excluding carboxylic acids is 2. The first-order chi connectivity index (χ1) is 12.5. The molecule has 0 atom stereocenters. The summed E-state index contributed by atoms with van der Waals surface area (Å²) in [6, 6.07) is 9.11. The third-order valence-electron chi connectivity index (χ3n) is 4.76. The van der Waals surface area contributed by atoms with Gasteiger partial charge in [0.25, 0.3) is 11.8 Å². The monoisotopic (exact) mass is 351 g/mol. The highest BCUT2D eigenvalue weighted by Crippen LogP contribution is 2.18. The van der Waals surface area contributed by atoms with Gasteiger partial charge >= 0.3 is 0 Å². The van der Waals surface area contributed by atoms with E-state index in [1.807, 2.05) is 36.9 Å². The number of amides is 2. The first-order valence-corrected chi connectivity index (χ1v) is 9.18. The average Bonchev–Trinajstić information content (AvgIpc) is 2.93. The van der Waals surface area contributed by atoms with Crippen LogP contribution in [0.1, 0.15) is 57.7 Å². The maximum absolute atomic E-state index is 12.7. The minimum atomic E-state index is -0.232. The van der Waals surface area contributed by atoms with Crippen molar-refractivity contribution in [2.75, 3.05) is 18.4 Å². The zero-order valence-corrected chi connectivity index (χ0v) is 15.4. The van der Waals surface area contributed by atoms with Gasteiger partial charge in [0.05, 0.1) is 0 Å². The number of hydrogen-bond donors (Lipinski definition) is 1. The van der Waals surface area contributed by atoms with Crippen molar-refractivity contribution >= 4 is 17.5 Å². The number of carbonyl (C=O) groups is 2. The second kappa shape index (κ2) is 8.13. The SMILES string of the molecule is Cc1ccc(NC(=O)c2ccnc(C(=O)N3CCCCCC3)c2)c(C)c1. The van der Waals surface area contributed by atoms with Crippen LogP contribution in [-0.2, 0) is 0 Å². The minimum Gasteiger partial charge on any atom is -0.337 e. The van der Waals surface area contributed by atoms with E-state index in [1.54, 1.807) is 12.1 Å². The van der Waals surface area contributed by atoms with Crippen LogP contribution in [0.4, 0.5) is 5.69 Å². The number of benzene rings is 1. The molecule has 0 unspecified atom stereocenters. The number of rotatable bonds is 3. The molecular weight excluding hydrogens is 326 g/mol. The Kier molecular flexibility index (Phi) is 5.66. The molecule has 0 bridgehead atoms. The summed E-state index contributed by atoms with van der Waals surface area (Å²) in [6.07, 6.45) is 5.91. The van der Waals surface area contributed by atoms with Gasteiger partial charge in [0.1, 0.15) is 5.69 Å². The lowest BCUT2D eigenvalue weighted by molar-refractivity contribution is 0.0755. The highest BCUT2D eigenvalue weighted by atomic mass is 16.2. The van der Waals surface area contributed by atoms with Gasteiger partial charge in [-0.2, -0.15) is 0 Å². The van der Waals surface area contributed by atoms with E-state index < -0.39 is 0 Å². The number of likely N-dealkylation sites (tertiary alicyclic amines) is 1. The number of pyridine rings is 1. The quantitative estimate of drug-likeness (QED) is 0.910. The largest absolute Gasteiger partial charge is 0.337 e. The summed E-state index contributed by atoms with van der Waals surface area (Å²) in [6.45, 7) is 5.50. The molecule has 1 fully saturated rings. The van der Waals surface area contributed by atoms with E-state index >= 15 is 0 Å². The minimum absolute atomic E-state index is 0.0898. The Balaban J connectivity index is 1.75. The Morgan fingerprint density at radius 3 is 2.42 bits per heavy atom. The summed E-state index contributed by atoms with van der Waals surface area (Å²) in [5.74, 6) is -0.322. The van der Waals surface area contributed by atoms with E-state index in [0.29, 0.717) is 11.3 Å². The summed E-state index contributed by atoms with van der Waals surface area (Å²) in [4.78, 5) is 31.3. The zero-order valence-electron chi connectivity index (χ0n) is 15.4. The highest BCUT2D eigenvalue weighted by Gasteiger charge is 2.19. The molecule has 1 aromatic carbocycles. The molecule has 1 N–H and O–H groups in total. The summed E-state index contributed by atoms with van der Waals surface area (Å²) < 4.78 is 0. The number of anilines is 1. The summed E-state index contributed by atoms with van der Waals surface area (Å²) in [7, 11) is 0. The second-order valence-corrected chi connectivity index (χ2v) is 6.91. The molecule has 5 nitrogen and oxygen atoms in total. The molecule has 136 valence electrons. The van der Waals surface area contributed by atoms with Crippen LogP contribution in [0.2, 0.25) is 0 Å². The third-order valence-corrected chi connectivity index (χ3v) is 4.76. The number of aromatic nitrogens is 1. The van der Waals surface area contributed by atoms with Crippen LogP contribution in [0.15, 0.2) is 36.5 Å². The Morgan fingerprint density at radius 2 is 1.73 bits per heavy atom.